The van der Waals surface area contributed by atoms with Crippen molar-refractivity contribution in [2.45, 2.75) is 44.8 Å². The average molecular weight is 311 g/mol. The molecule has 1 atom stereocenters. The quantitative estimate of drug-likeness (QED) is 0.489. The molecule has 0 saturated carbocycles. The molecule has 0 aromatic carbocycles. The van der Waals surface area contributed by atoms with Crippen molar-refractivity contribution in [3.8, 4) is 0 Å². The third-order valence-corrected chi connectivity index (χ3v) is 3.90. The number of esters is 1. The Hall–Kier alpha value is -1.63. The lowest BCUT2D eigenvalue weighted by molar-refractivity contribution is -0.150. The summed E-state index contributed by atoms with van der Waals surface area (Å²) in [5.41, 5.74) is 0.715. The lowest BCUT2D eigenvalue weighted by Crippen LogP contribution is -2.52. The highest BCUT2D eigenvalue weighted by atomic mass is 32.2. The fourth-order valence-electron chi connectivity index (χ4n) is 1.74. The molecule has 21 heavy (non-hydrogen) atoms. The fraction of sp³-hybridized carbons (Fsp3) is 0.571. The van der Waals surface area contributed by atoms with Gasteiger partial charge in [0.2, 0.25) is 5.91 Å². The first-order valence-corrected chi connectivity index (χ1v) is 7.64. The summed E-state index contributed by atoms with van der Waals surface area (Å²) < 4.78 is 4.72. The van der Waals surface area contributed by atoms with Crippen molar-refractivity contribution in [2.75, 3.05) is 12.9 Å². The smallest absolute Gasteiger partial charge is 0.331 e. The number of methoxy groups -OCH3 is 1. The molecule has 1 amide bonds. The number of hydrogen-bond acceptors (Lipinski definition) is 6. The van der Waals surface area contributed by atoms with Crippen molar-refractivity contribution in [3.05, 3.63) is 17.5 Å². The van der Waals surface area contributed by atoms with Gasteiger partial charge < -0.3 is 10.1 Å². The number of nitrogens with zero attached hydrogens (tertiary/aromatic N) is 2. The van der Waals surface area contributed by atoms with Crippen molar-refractivity contribution >= 4 is 23.6 Å². The SMILES string of the molecule is CC[C@@](C)(NC(=O)CSc1nc(C)cc(C)n1)C(=O)OC. The van der Waals surface area contributed by atoms with E-state index in [2.05, 4.69) is 15.3 Å². The van der Waals surface area contributed by atoms with Crippen molar-refractivity contribution in [2.24, 2.45) is 0 Å². The normalized spacial score (nSPS) is 13.4. The molecule has 1 aromatic rings. The van der Waals surface area contributed by atoms with E-state index in [1.165, 1.54) is 18.9 Å². The zero-order chi connectivity index (χ0) is 16.0. The Balaban J connectivity index is 2.63. The van der Waals surface area contributed by atoms with Crippen LogP contribution in [0.1, 0.15) is 31.7 Å². The van der Waals surface area contributed by atoms with Crippen LogP contribution in [0, 0.1) is 13.8 Å². The second-order valence-corrected chi connectivity index (χ2v) is 5.89. The van der Waals surface area contributed by atoms with E-state index in [9.17, 15) is 9.59 Å². The maximum atomic E-state index is 12.0. The van der Waals surface area contributed by atoms with Gasteiger partial charge in [0.1, 0.15) is 5.54 Å². The Labute approximate surface area is 129 Å². The van der Waals surface area contributed by atoms with Crippen LogP contribution in [0.4, 0.5) is 0 Å². The summed E-state index contributed by atoms with van der Waals surface area (Å²) in [6.45, 7) is 7.22. The third-order valence-electron chi connectivity index (χ3n) is 3.05. The number of amides is 1. The van der Waals surface area contributed by atoms with Crippen LogP contribution in [-0.4, -0.2) is 40.2 Å². The van der Waals surface area contributed by atoms with Gasteiger partial charge in [0.05, 0.1) is 12.9 Å². The molecule has 0 spiro atoms. The minimum Gasteiger partial charge on any atom is -0.467 e. The van der Waals surface area contributed by atoms with Gasteiger partial charge in [0.15, 0.2) is 5.16 Å². The van der Waals surface area contributed by atoms with Gasteiger partial charge in [-0.1, -0.05) is 18.7 Å². The molecule has 1 N–H and O–H groups in total. The number of carbonyl (C=O) groups excluding carboxylic acids is 2. The minimum atomic E-state index is -1.00. The summed E-state index contributed by atoms with van der Waals surface area (Å²) in [5, 5.41) is 3.26. The van der Waals surface area contributed by atoms with Crippen LogP contribution >= 0.6 is 11.8 Å². The van der Waals surface area contributed by atoms with E-state index in [0.717, 1.165) is 11.4 Å². The first-order valence-electron chi connectivity index (χ1n) is 6.65. The van der Waals surface area contributed by atoms with E-state index in [0.29, 0.717) is 11.6 Å². The van der Waals surface area contributed by atoms with Gasteiger partial charge in [0, 0.05) is 11.4 Å². The van der Waals surface area contributed by atoms with Crippen LogP contribution < -0.4 is 5.32 Å². The maximum absolute atomic E-state index is 12.0. The molecule has 0 fully saturated rings. The molecule has 0 aliphatic heterocycles. The van der Waals surface area contributed by atoms with E-state index in [1.54, 1.807) is 6.92 Å². The highest BCUT2D eigenvalue weighted by molar-refractivity contribution is 7.99. The summed E-state index contributed by atoms with van der Waals surface area (Å²) in [5.74, 6) is -0.557. The number of thioether (sulfide) groups is 1. The van der Waals surface area contributed by atoms with Gasteiger partial charge in [-0.25, -0.2) is 14.8 Å². The van der Waals surface area contributed by atoms with Gasteiger partial charge >= 0.3 is 5.97 Å². The lowest BCUT2D eigenvalue weighted by atomic mass is 9.99. The standard InChI is InChI=1S/C14H21N3O3S/c1-6-14(4,12(19)20-5)17-11(18)8-21-13-15-9(2)7-10(3)16-13/h7H,6,8H2,1-5H3,(H,17,18)/t14-/m1/s1. The molecule has 0 bridgehead atoms. The first kappa shape index (κ1) is 17.4. The monoisotopic (exact) mass is 311 g/mol. The second-order valence-electron chi connectivity index (χ2n) is 4.95. The summed E-state index contributed by atoms with van der Waals surface area (Å²) in [6.07, 6.45) is 0.454. The Morgan fingerprint density at radius 2 is 1.90 bits per heavy atom. The van der Waals surface area contributed by atoms with Crippen LogP contribution in [0.15, 0.2) is 11.2 Å². The van der Waals surface area contributed by atoms with E-state index >= 15 is 0 Å². The third kappa shape index (κ3) is 5.00. The van der Waals surface area contributed by atoms with Crippen LogP contribution in [-0.2, 0) is 14.3 Å². The lowest BCUT2D eigenvalue weighted by Gasteiger charge is -2.26. The summed E-state index contributed by atoms with van der Waals surface area (Å²) >= 11 is 1.24. The highest BCUT2D eigenvalue weighted by Gasteiger charge is 2.33. The van der Waals surface area contributed by atoms with E-state index < -0.39 is 11.5 Å². The Kier molecular flexibility index (Phi) is 6.14. The molecule has 0 radical (unpaired) electrons. The number of ether oxygens (including phenoxy) is 1. The van der Waals surface area contributed by atoms with E-state index in [-0.39, 0.29) is 11.7 Å². The first-order chi connectivity index (χ1) is 9.80. The Morgan fingerprint density at radius 3 is 2.38 bits per heavy atom. The number of nitrogens with one attached hydrogen (secondary N) is 1. The molecule has 7 heteroatoms. The van der Waals surface area contributed by atoms with Gasteiger partial charge in [-0.2, -0.15) is 0 Å². The van der Waals surface area contributed by atoms with Crippen molar-refractivity contribution in [3.63, 3.8) is 0 Å². The molecule has 1 heterocycles. The Bertz CT molecular complexity index is 516. The summed E-state index contributed by atoms with van der Waals surface area (Å²) in [6, 6.07) is 1.87. The largest absolute Gasteiger partial charge is 0.467 e. The van der Waals surface area contributed by atoms with Crippen LogP contribution in [0.5, 0.6) is 0 Å². The molecule has 0 saturated heterocycles. The average Bonchev–Trinajstić information content (AvgIpc) is 2.43. The molecule has 116 valence electrons. The van der Waals surface area contributed by atoms with Gasteiger partial charge in [0.25, 0.3) is 0 Å². The number of aryl methyl sites for hydroxylation is 2. The van der Waals surface area contributed by atoms with E-state index in [4.69, 9.17) is 4.74 Å². The molecule has 1 aromatic heterocycles. The zero-order valence-corrected chi connectivity index (χ0v) is 13.8. The van der Waals surface area contributed by atoms with Gasteiger partial charge in [-0.05, 0) is 33.3 Å². The van der Waals surface area contributed by atoms with Crippen molar-refractivity contribution in [1.82, 2.24) is 15.3 Å². The number of hydrogen-bond donors (Lipinski definition) is 1. The van der Waals surface area contributed by atoms with Crippen LogP contribution in [0.25, 0.3) is 0 Å². The fourth-order valence-corrected chi connectivity index (χ4v) is 2.49. The minimum absolute atomic E-state index is 0.148. The van der Waals surface area contributed by atoms with Crippen LogP contribution in [0.3, 0.4) is 0 Å². The molecule has 0 unspecified atom stereocenters. The topological polar surface area (TPSA) is 81.2 Å². The summed E-state index contributed by atoms with van der Waals surface area (Å²) in [7, 11) is 1.31. The van der Waals surface area contributed by atoms with E-state index in [1.807, 2.05) is 26.8 Å². The predicted molar refractivity (Wildman–Crippen MR) is 81.1 cm³/mol. The van der Waals surface area contributed by atoms with Gasteiger partial charge in [-0.15, -0.1) is 0 Å². The highest BCUT2D eigenvalue weighted by Crippen LogP contribution is 2.16. The molecule has 0 aliphatic rings. The number of rotatable bonds is 6. The Morgan fingerprint density at radius 1 is 1.33 bits per heavy atom. The summed E-state index contributed by atoms with van der Waals surface area (Å²) in [4.78, 5) is 32.2. The predicted octanol–water partition coefficient (Wildman–Crippen LogP) is 1.64. The zero-order valence-electron chi connectivity index (χ0n) is 13.0. The molecule has 6 nitrogen and oxygen atoms in total. The van der Waals surface area contributed by atoms with Crippen LogP contribution in [0.2, 0.25) is 0 Å². The molecule has 1 rings (SSSR count). The second kappa shape index (κ2) is 7.40. The van der Waals surface area contributed by atoms with Crippen molar-refractivity contribution < 1.29 is 14.3 Å². The molecular weight excluding hydrogens is 290 g/mol. The molecular formula is C14H21N3O3S. The van der Waals surface area contributed by atoms with Gasteiger partial charge in [-0.3, -0.25) is 4.79 Å². The van der Waals surface area contributed by atoms with Crippen molar-refractivity contribution in [1.29, 1.82) is 0 Å². The number of aromatic nitrogens is 2. The maximum Gasteiger partial charge on any atom is 0.331 e. The number of carbonyl (C=O) groups is 2. The molecule has 0 aliphatic carbocycles.